The Hall–Kier alpha value is -1.92. The summed E-state index contributed by atoms with van der Waals surface area (Å²) in [5.41, 5.74) is 1.35. The van der Waals surface area contributed by atoms with Gasteiger partial charge in [0.2, 0.25) is 0 Å². The first-order chi connectivity index (χ1) is 11.6. The van der Waals surface area contributed by atoms with Crippen LogP contribution in [0.1, 0.15) is 30.8 Å². The Morgan fingerprint density at radius 2 is 2.08 bits per heavy atom. The van der Waals surface area contributed by atoms with E-state index in [-0.39, 0.29) is 5.91 Å². The van der Waals surface area contributed by atoms with Gasteiger partial charge in [0, 0.05) is 31.1 Å². The van der Waals surface area contributed by atoms with Gasteiger partial charge < -0.3 is 10.1 Å². The number of para-hydroxylation sites is 1. The van der Waals surface area contributed by atoms with Gasteiger partial charge >= 0.3 is 0 Å². The van der Waals surface area contributed by atoms with Crippen LogP contribution in [0.5, 0.6) is 0 Å². The lowest BCUT2D eigenvalue weighted by Crippen LogP contribution is -2.49. The molecule has 0 aliphatic carbocycles. The summed E-state index contributed by atoms with van der Waals surface area (Å²) in [7, 11) is 0. The van der Waals surface area contributed by atoms with E-state index in [4.69, 9.17) is 4.74 Å². The molecule has 24 heavy (non-hydrogen) atoms. The van der Waals surface area contributed by atoms with Gasteiger partial charge in [-0.25, -0.2) is 0 Å². The summed E-state index contributed by atoms with van der Waals surface area (Å²) in [5.74, 6) is 0.468. The van der Waals surface area contributed by atoms with Crippen molar-refractivity contribution in [3.8, 4) is 0 Å². The molecule has 6 heteroatoms. The van der Waals surface area contributed by atoms with Crippen molar-refractivity contribution in [1.29, 1.82) is 0 Å². The molecule has 1 aromatic carbocycles. The van der Waals surface area contributed by atoms with Crippen LogP contribution in [0.25, 0.3) is 10.9 Å². The van der Waals surface area contributed by atoms with Gasteiger partial charge in [0.15, 0.2) is 5.69 Å². The van der Waals surface area contributed by atoms with Gasteiger partial charge in [-0.05, 0) is 18.4 Å². The van der Waals surface area contributed by atoms with Crippen LogP contribution in [0.2, 0.25) is 0 Å². The Balaban J connectivity index is 1.65. The highest BCUT2D eigenvalue weighted by molar-refractivity contribution is 6.04. The molecule has 0 radical (unpaired) electrons. The highest BCUT2D eigenvalue weighted by Crippen LogP contribution is 2.16. The number of hydrogen-bond donors (Lipinski definition) is 2. The number of nitrogens with one attached hydrogen (secondary N) is 2. The minimum absolute atomic E-state index is 0.116. The van der Waals surface area contributed by atoms with Gasteiger partial charge in [0.25, 0.3) is 5.91 Å². The van der Waals surface area contributed by atoms with Crippen molar-refractivity contribution in [2.24, 2.45) is 5.92 Å². The molecule has 6 nitrogen and oxygen atoms in total. The molecule has 1 aliphatic rings. The summed E-state index contributed by atoms with van der Waals surface area (Å²) >= 11 is 0. The number of benzene rings is 1. The van der Waals surface area contributed by atoms with Gasteiger partial charge in [-0.15, -0.1) is 0 Å². The van der Waals surface area contributed by atoms with E-state index in [9.17, 15) is 4.79 Å². The molecule has 1 aromatic heterocycles. The molecule has 2 heterocycles. The number of fused-ring (bicyclic) bond motifs is 1. The third kappa shape index (κ3) is 3.94. The Labute approximate surface area is 142 Å². The fourth-order valence-corrected chi connectivity index (χ4v) is 3.28. The summed E-state index contributed by atoms with van der Waals surface area (Å²) in [6.07, 6.45) is 1.06. The van der Waals surface area contributed by atoms with E-state index in [1.807, 2.05) is 24.3 Å². The summed E-state index contributed by atoms with van der Waals surface area (Å²) in [5, 5.41) is 11.0. The second-order valence-electron chi connectivity index (χ2n) is 6.76. The minimum atomic E-state index is -0.116. The fourth-order valence-electron chi connectivity index (χ4n) is 3.28. The first kappa shape index (κ1) is 16.9. The molecule has 1 amide bonds. The smallest absolute Gasteiger partial charge is 0.272 e. The van der Waals surface area contributed by atoms with Crippen LogP contribution in [0.3, 0.4) is 0 Å². The monoisotopic (exact) mass is 330 g/mol. The lowest BCUT2D eigenvalue weighted by molar-refractivity contribution is 0.0124. The zero-order valence-electron chi connectivity index (χ0n) is 14.4. The normalized spacial score (nSPS) is 17.3. The molecule has 1 aliphatic heterocycles. The molecular weight excluding hydrogens is 304 g/mol. The van der Waals surface area contributed by atoms with Gasteiger partial charge in [-0.1, -0.05) is 32.0 Å². The number of carbonyl (C=O) groups is 1. The van der Waals surface area contributed by atoms with Gasteiger partial charge in [-0.3, -0.25) is 14.8 Å². The molecule has 1 unspecified atom stereocenters. The number of aromatic nitrogens is 2. The summed E-state index contributed by atoms with van der Waals surface area (Å²) in [6, 6.07) is 8.03. The van der Waals surface area contributed by atoms with E-state index in [2.05, 4.69) is 34.3 Å². The van der Waals surface area contributed by atoms with E-state index >= 15 is 0 Å². The molecule has 130 valence electrons. The highest BCUT2D eigenvalue weighted by atomic mass is 16.5. The van der Waals surface area contributed by atoms with Gasteiger partial charge in [-0.2, -0.15) is 5.10 Å². The fraction of sp³-hybridized carbons (Fsp3) is 0.556. The number of aromatic amines is 1. The van der Waals surface area contributed by atoms with Gasteiger partial charge in [0.05, 0.1) is 18.7 Å². The van der Waals surface area contributed by atoms with E-state index in [1.54, 1.807) is 0 Å². The maximum absolute atomic E-state index is 12.6. The van der Waals surface area contributed by atoms with E-state index in [0.717, 1.165) is 43.6 Å². The number of hydrogen-bond acceptors (Lipinski definition) is 4. The maximum Gasteiger partial charge on any atom is 0.272 e. The van der Waals surface area contributed by atoms with Crippen LogP contribution >= 0.6 is 0 Å². The van der Waals surface area contributed by atoms with Crippen molar-refractivity contribution in [2.75, 3.05) is 32.8 Å². The summed E-state index contributed by atoms with van der Waals surface area (Å²) in [6.45, 7) is 8.47. The van der Waals surface area contributed by atoms with Crippen LogP contribution < -0.4 is 5.32 Å². The molecule has 2 N–H and O–H groups in total. The predicted octanol–water partition coefficient (Wildman–Crippen LogP) is 2.04. The largest absolute Gasteiger partial charge is 0.379 e. The zero-order valence-corrected chi connectivity index (χ0v) is 14.4. The Bertz CT molecular complexity index is 676. The molecule has 0 spiro atoms. The van der Waals surface area contributed by atoms with E-state index in [1.165, 1.54) is 0 Å². The molecule has 1 fully saturated rings. The standard InChI is InChI=1S/C18H26N4O2/c1-13(2)11-14(22-7-9-24-10-8-22)12-19-18(23)17-15-5-3-4-6-16(15)20-21-17/h3-6,13-14H,7-12H2,1-2H3,(H,19,23)(H,20,21). The number of H-pyrrole nitrogens is 1. The Morgan fingerprint density at radius 1 is 1.33 bits per heavy atom. The lowest BCUT2D eigenvalue weighted by atomic mass is 10.0. The third-order valence-corrected chi connectivity index (χ3v) is 4.49. The second-order valence-corrected chi connectivity index (χ2v) is 6.76. The maximum atomic E-state index is 12.6. The van der Waals surface area contributed by atoms with Crippen molar-refractivity contribution in [3.05, 3.63) is 30.0 Å². The molecule has 0 saturated carbocycles. The summed E-state index contributed by atoms with van der Waals surface area (Å²) < 4.78 is 5.44. The average Bonchev–Trinajstić information content (AvgIpc) is 3.03. The van der Waals surface area contributed by atoms with Crippen LogP contribution in [0, 0.1) is 5.92 Å². The SMILES string of the molecule is CC(C)CC(CNC(=O)c1n[nH]c2ccccc12)N1CCOCC1. The quantitative estimate of drug-likeness (QED) is 0.850. The van der Waals surface area contributed by atoms with Gasteiger partial charge in [0.1, 0.15) is 0 Å². The number of amides is 1. The van der Waals surface area contributed by atoms with Crippen LogP contribution in [-0.4, -0.2) is 59.9 Å². The molecule has 3 rings (SSSR count). The van der Waals surface area contributed by atoms with Crippen LogP contribution in [0.4, 0.5) is 0 Å². The van der Waals surface area contributed by atoms with Crippen molar-refractivity contribution in [2.45, 2.75) is 26.3 Å². The number of rotatable bonds is 6. The second kappa shape index (κ2) is 7.77. The molecule has 1 atom stereocenters. The van der Waals surface area contributed by atoms with Crippen molar-refractivity contribution in [1.82, 2.24) is 20.4 Å². The minimum Gasteiger partial charge on any atom is -0.379 e. The Kier molecular flexibility index (Phi) is 5.48. The zero-order chi connectivity index (χ0) is 16.9. The van der Waals surface area contributed by atoms with E-state index in [0.29, 0.717) is 24.2 Å². The predicted molar refractivity (Wildman–Crippen MR) is 94.1 cm³/mol. The molecular formula is C18H26N4O2. The van der Waals surface area contributed by atoms with Crippen molar-refractivity contribution < 1.29 is 9.53 Å². The topological polar surface area (TPSA) is 70.2 Å². The first-order valence-electron chi connectivity index (χ1n) is 8.68. The third-order valence-electron chi connectivity index (χ3n) is 4.49. The van der Waals surface area contributed by atoms with Crippen LogP contribution in [0.15, 0.2) is 24.3 Å². The lowest BCUT2D eigenvalue weighted by Gasteiger charge is -2.35. The van der Waals surface area contributed by atoms with Crippen molar-refractivity contribution >= 4 is 16.8 Å². The first-order valence-corrected chi connectivity index (χ1v) is 8.68. The molecule has 0 bridgehead atoms. The van der Waals surface area contributed by atoms with Crippen molar-refractivity contribution in [3.63, 3.8) is 0 Å². The van der Waals surface area contributed by atoms with E-state index < -0.39 is 0 Å². The Morgan fingerprint density at radius 3 is 2.83 bits per heavy atom. The molecule has 1 saturated heterocycles. The number of ether oxygens (including phenoxy) is 1. The molecule has 2 aromatic rings. The number of nitrogens with zero attached hydrogens (tertiary/aromatic N) is 2. The number of carbonyl (C=O) groups excluding carboxylic acids is 1. The summed E-state index contributed by atoms with van der Waals surface area (Å²) in [4.78, 5) is 15.0. The highest BCUT2D eigenvalue weighted by Gasteiger charge is 2.23. The average molecular weight is 330 g/mol. The number of morpholine rings is 1. The van der Waals surface area contributed by atoms with Crippen LogP contribution in [-0.2, 0) is 4.74 Å².